The van der Waals surface area contributed by atoms with Crippen molar-refractivity contribution >= 4 is 22.1 Å². The van der Waals surface area contributed by atoms with Crippen LogP contribution in [-0.4, -0.2) is 50.4 Å². The molecule has 0 bridgehead atoms. The Kier molecular flexibility index (Phi) is 5.02. The minimum Gasteiger partial charge on any atom is -0.504 e. The third-order valence-corrected chi connectivity index (χ3v) is 5.06. The van der Waals surface area contributed by atoms with E-state index in [1.165, 1.54) is 49.6 Å². The summed E-state index contributed by atoms with van der Waals surface area (Å²) in [7, 11) is -2.78. The standard InChI is InChI=1S/C17H14F3N3O4S/c1-27-14-8-11(6-7-13(14)24)9-21-23(10-17(18,19)20)16-12-4-2-3-5-15(12)28(25,26)22-16/h2-9,24H,10H2,1H3. The monoisotopic (exact) mass is 413 g/mol. The van der Waals surface area contributed by atoms with Gasteiger partial charge in [-0.2, -0.15) is 26.7 Å². The molecule has 3 rings (SSSR count). The van der Waals surface area contributed by atoms with Crippen molar-refractivity contribution in [1.82, 2.24) is 5.01 Å². The molecule has 0 saturated heterocycles. The fourth-order valence-electron chi connectivity index (χ4n) is 2.53. The fraction of sp³-hybridized carbons (Fsp3) is 0.176. The summed E-state index contributed by atoms with van der Waals surface area (Å²) in [5, 5.41) is 13.9. The quantitative estimate of drug-likeness (QED) is 0.615. The number of halogens is 3. The van der Waals surface area contributed by atoms with Crippen LogP contribution in [0, 0.1) is 0 Å². The molecule has 0 atom stereocenters. The molecule has 28 heavy (non-hydrogen) atoms. The second kappa shape index (κ2) is 7.15. The molecule has 1 N–H and O–H groups in total. The number of ether oxygens (including phenoxy) is 1. The van der Waals surface area contributed by atoms with E-state index in [-0.39, 0.29) is 22.0 Å². The van der Waals surface area contributed by atoms with Crippen molar-refractivity contribution in [1.29, 1.82) is 0 Å². The fourth-order valence-corrected chi connectivity index (χ4v) is 3.73. The lowest BCUT2D eigenvalue weighted by Crippen LogP contribution is -2.35. The third-order valence-electron chi connectivity index (χ3n) is 3.74. The lowest BCUT2D eigenvalue weighted by Gasteiger charge is -2.20. The highest BCUT2D eigenvalue weighted by atomic mass is 32.2. The lowest BCUT2D eigenvalue weighted by atomic mass is 10.2. The molecular weight excluding hydrogens is 399 g/mol. The van der Waals surface area contributed by atoms with Gasteiger partial charge < -0.3 is 9.84 Å². The number of hydrogen-bond acceptors (Lipinski definition) is 6. The number of aromatic hydroxyl groups is 1. The van der Waals surface area contributed by atoms with Crippen molar-refractivity contribution in [2.75, 3.05) is 13.7 Å². The normalized spacial score (nSPS) is 15.4. The van der Waals surface area contributed by atoms with Crippen molar-refractivity contribution in [2.24, 2.45) is 9.50 Å². The average molecular weight is 413 g/mol. The zero-order valence-electron chi connectivity index (χ0n) is 14.4. The van der Waals surface area contributed by atoms with Crippen LogP contribution in [0.15, 0.2) is 56.9 Å². The maximum atomic E-state index is 13.1. The summed E-state index contributed by atoms with van der Waals surface area (Å²) in [5.74, 6) is -0.459. The second-order valence-electron chi connectivity index (χ2n) is 5.73. The molecule has 0 radical (unpaired) electrons. The number of rotatable bonds is 4. The van der Waals surface area contributed by atoms with Gasteiger partial charge >= 0.3 is 6.18 Å². The van der Waals surface area contributed by atoms with Crippen LogP contribution in [0.4, 0.5) is 13.2 Å². The highest BCUT2D eigenvalue weighted by Gasteiger charge is 2.37. The van der Waals surface area contributed by atoms with Crippen molar-refractivity contribution < 1.29 is 31.4 Å². The van der Waals surface area contributed by atoms with E-state index in [0.29, 0.717) is 10.6 Å². The molecule has 0 unspecified atom stereocenters. The third kappa shape index (κ3) is 4.09. The zero-order valence-corrected chi connectivity index (χ0v) is 15.2. The Morgan fingerprint density at radius 3 is 2.64 bits per heavy atom. The number of methoxy groups -OCH3 is 1. The number of hydrazone groups is 1. The molecule has 1 aliphatic rings. The first kappa shape index (κ1) is 19.7. The molecule has 1 aliphatic heterocycles. The van der Waals surface area contributed by atoms with Crippen LogP contribution in [0.1, 0.15) is 11.1 Å². The van der Waals surface area contributed by atoms with Gasteiger partial charge in [0.1, 0.15) is 11.4 Å². The van der Waals surface area contributed by atoms with E-state index in [4.69, 9.17) is 4.74 Å². The number of amidine groups is 1. The van der Waals surface area contributed by atoms with Gasteiger partial charge in [-0.1, -0.05) is 12.1 Å². The highest BCUT2D eigenvalue weighted by Crippen LogP contribution is 2.30. The molecule has 0 saturated carbocycles. The summed E-state index contributed by atoms with van der Waals surface area (Å²) in [5.41, 5.74) is 0.365. The first-order valence-electron chi connectivity index (χ1n) is 7.80. The highest BCUT2D eigenvalue weighted by molar-refractivity contribution is 7.90. The molecule has 2 aromatic rings. The predicted molar refractivity (Wildman–Crippen MR) is 95.2 cm³/mol. The zero-order chi connectivity index (χ0) is 20.5. The molecule has 0 aromatic heterocycles. The van der Waals surface area contributed by atoms with E-state index in [9.17, 15) is 26.7 Å². The van der Waals surface area contributed by atoms with Gasteiger partial charge in [-0.25, -0.2) is 5.01 Å². The molecular formula is C17H14F3N3O4S. The van der Waals surface area contributed by atoms with Gasteiger partial charge in [0.2, 0.25) is 0 Å². The summed E-state index contributed by atoms with van der Waals surface area (Å²) in [6.07, 6.45) is -3.57. The predicted octanol–water partition coefficient (Wildman–Crippen LogP) is 2.75. The first-order valence-corrected chi connectivity index (χ1v) is 9.24. The molecule has 2 aromatic carbocycles. The summed E-state index contributed by atoms with van der Waals surface area (Å²) in [6, 6.07) is 9.65. The van der Waals surface area contributed by atoms with Crippen molar-refractivity contribution in [3.05, 3.63) is 53.6 Å². The lowest BCUT2D eigenvalue weighted by molar-refractivity contribution is -0.137. The molecule has 11 heteroatoms. The number of nitrogens with zero attached hydrogens (tertiary/aromatic N) is 3. The van der Waals surface area contributed by atoms with Crippen LogP contribution in [0.2, 0.25) is 0 Å². The Bertz CT molecular complexity index is 1070. The molecule has 1 heterocycles. The van der Waals surface area contributed by atoms with Gasteiger partial charge in [0, 0.05) is 5.56 Å². The van der Waals surface area contributed by atoms with E-state index in [0.717, 1.165) is 6.21 Å². The molecule has 7 nitrogen and oxygen atoms in total. The summed E-state index contributed by atoms with van der Waals surface area (Å²) < 4.78 is 71.8. The number of fused-ring (bicyclic) bond motifs is 1. The molecule has 0 aliphatic carbocycles. The SMILES string of the molecule is COc1cc(C=NN(CC(F)(F)F)C2=NS(=O)(=O)c3ccccc32)ccc1O. The van der Waals surface area contributed by atoms with Gasteiger partial charge in [-0.15, -0.1) is 4.40 Å². The number of benzene rings is 2. The largest absolute Gasteiger partial charge is 0.504 e. The van der Waals surface area contributed by atoms with Crippen molar-refractivity contribution in [3.8, 4) is 11.5 Å². The van der Waals surface area contributed by atoms with E-state index < -0.39 is 28.6 Å². The van der Waals surface area contributed by atoms with Gasteiger partial charge in [0.25, 0.3) is 10.0 Å². The first-order chi connectivity index (χ1) is 13.1. The minimum absolute atomic E-state index is 0.0344. The number of sulfonamides is 1. The Balaban J connectivity index is 2.02. The van der Waals surface area contributed by atoms with Crippen LogP contribution in [0.5, 0.6) is 11.5 Å². The van der Waals surface area contributed by atoms with Gasteiger partial charge in [-0.05, 0) is 35.9 Å². The van der Waals surface area contributed by atoms with Crippen LogP contribution >= 0.6 is 0 Å². The van der Waals surface area contributed by atoms with E-state index in [1.54, 1.807) is 0 Å². The van der Waals surface area contributed by atoms with Crippen LogP contribution in [0.3, 0.4) is 0 Å². The maximum Gasteiger partial charge on any atom is 0.408 e. The van der Waals surface area contributed by atoms with Gasteiger partial charge in [0.15, 0.2) is 17.3 Å². The van der Waals surface area contributed by atoms with Crippen molar-refractivity contribution in [3.63, 3.8) is 0 Å². The molecule has 0 amide bonds. The topological polar surface area (TPSA) is 91.6 Å². The second-order valence-corrected chi connectivity index (χ2v) is 7.31. The number of alkyl halides is 3. The van der Waals surface area contributed by atoms with Crippen LogP contribution in [-0.2, 0) is 10.0 Å². The summed E-state index contributed by atoms with van der Waals surface area (Å²) >= 11 is 0. The minimum atomic E-state index is -4.66. The Morgan fingerprint density at radius 2 is 1.96 bits per heavy atom. The van der Waals surface area contributed by atoms with E-state index in [2.05, 4.69) is 9.50 Å². The average Bonchev–Trinajstić information content (AvgIpc) is 2.90. The van der Waals surface area contributed by atoms with Gasteiger partial charge in [0.05, 0.1) is 13.3 Å². The van der Waals surface area contributed by atoms with Crippen molar-refractivity contribution in [2.45, 2.75) is 11.1 Å². The molecule has 148 valence electrons. The Hall–Kier alpha value is -3.08. The number of phenolic OH excluding ortho intramolecular Hbond substituents is 1. The molecule has 0 fully saturated rings. The smallest absolute Gasteiger partial charge is 0.408 e. The Labute approximate surface area is 158 Å². The van der Waals surface area contributed by atoms with Gasteiger partial charge in [-0.3, -0.25) is 0 Å². The Morgan fingerprint density at radius 1 is 1.25 bits per heavy atom. The van der Waals surface area contributed by atoms with Crippen LogP contribution in [0.25, 0.3) is 0 Å². The maximum absolute atomic E-state index is 13.1. The van der Waals surface area contributed by atoms with Crippen LogP contribution < -0.4 is 4.74 Å². The van der Waals surface area contributed by atoms with E-state index in [1.807, 2.05) is 0 Å². The number of hydrogen-bond donors (Lipinski definition) is 1. The van der Waals surface area contributed by atoms with E-state index >= 15 is 0 Å². The summed E-state index contributed by atoms with van der Waals surface area (Å²) in [4.78, 5) is -0.182. The molecule has 0 spiro atoms. The number of phenols is 1. The summed E-state index contributed by atoms with van der Waals surface area (Å²) in [6.45, 7) is -1.54.